The average Bonchev–Trinajstić information content (AvgIpc) is 2.49. The normalized spacial score (nSPS) is 11.8. The minimum Gasteiger partial charge on any atom is -0.374 e. The van der Waals surface area contributed by atoms with E-state index in [0.717, 1.165) is 15.8 Å². The Hall–Kier alpha value is -1.46. The molecule has 0 saturated carbocycles. The second kappa shape index (κ2) is 7.52. The van der Waals surface area contributed by atoms with Crippen LogP contribution in [0.5, 0.6) is 0 Å². The van der Waals surface area contributed by atoms with Gasteiger partial charge in [0.2, 0.25) is 5.91 Å². The summed E-state index contributed by atoms with van der Waals surface area (Å²) in [5.41, 5.74) is 1.73. The molecule has 0 fully saturated rings. The van der Waals surface area contributed by atoms with Gasteiger partial charge in [-0.1, -0.05) is 22.0 Å². The Labute approximate surface area is 137 Å². The van der Waals surface area contributed by atoms with Crippen molar-refractivity contribution in [3.63, 3.8) is 0 Å². The number of benzene rings is 2. The van der Waals surface area contributed by atoms with Crippen molar-refractivity contribution < 1.29 is 4.79 Å². The lowest BCUT2D eigenvalue weighted by molar-refractivity contribution is -0.116. The molecule has 0 unspecified atom stereocenters. The van der Waals surface area contributed by atoms with E-state index >= 15 is 0 Å². The van der Waals surface area contributed by atoms with E-state index in [0.29, 0.717) is 0 Å². The van der Waals surface area contributed by atoms with Gasteiger partial charge in [0.1, 0.15) is 6.04 Å². The molecule has 0 aliphatic carbocycles. The summed E-state index contributed by atoms with van der Waals surface area (Å²) in [6.45, 7) is 1.85. The van der Waals surface area contributed by atoms with Gasteiger partial charge in [-0.15, -0.1) is 11.8 Å². The molecule has 0 bridgehead atoms. The SMILES string of the molecule is CSc1cccc(N[C@H](C)C(=O)Nc2ccc(Br)cc2)c1. The fraction of sp³-hybridized carbons (Fsp3) is 0.188. The van der Waals surface area contributed by atoms with Gasteiger partial charge >= 0.3 is 0 Å². The number of anilines is 2. The summed E-state index contributed by atoms with van der Waals surface area (Å²) < 4.78 is 0.987. The highest BCUT2D eigenvalue weighted by atomic mass is 79.9. The van der Waals surface area contributed by atoms with E-state index in [1.165, 1.54) is 4.90 Å². The van der Waals surface area contributed by atoms with E-state index in [1.807, 2.05) is 61.7 Å². The molecule has 0 aliphatic rings. The highest BCUT2D eigenvalue weighted by Gasteiger charge is 2.12. The maximum absolute atomic E-state index is 12.2. The Balaban J connectivity index is 1.97. The predicted octanol–water partition coefficient (Wildman–Crippen LogP) is 4.61. The number of hydrogen-bond acceptors (Lipinski definition) is 3. The first-order valence-electron chi connectivity index (χ1n) is 6.55. The first kappa shape index (κ1) is 15.9. The maximum atomic E-state index is 12.2. The number of nitrogens with one attached hydrogen (secondary N) is 2. The van der Waals surface area contributed by atoms with Crippen LogP contribution >= 0.6 is 27.7 Å². The zero-order valence-corrected chi connectivity index (χ0v) is 14.3. The number of hydrogen-bond donors (Lipinski definition) is 2. The van der Waals surface area contributed by atoms with Crippen molar-refractivity contribution in [1.29, 1.82) is 0 Å². The highest BCUT2D eigenvalue weighted by Crippen LogP contribution is 2.20. The van der Waals surface area contributed by atoms with E-state index in [9.17, 15) is 4.79 Å². The molecule has 5 heteroatoms. The largest absolute Gasteiger partial charge is 0.374 e. The first-order valence-corrected chi connectivity index (χ1v) is 8.57. The van der Waals surface area contributed by atoms with E-state index in [-0.39, 0.29) is 11.9 Å². The number of rotatable bonds is 5. The molecule has 0 spiro atoms. The highest BCUT2D eigenvalue weighted by molar-refractivity contribution is 9.10. The Morgan fingerprint density at radius 2 is 1.86 bits per heavy atom. The summed E-state index contributed by atoms with van der Waals surface area (Å²) in [4.78, 5) is 13.3. The van der Waals surface area contributed by atoms with E-state index in [4.69, 9.17) is 0 Å². The van der Waals surface area contributed by atoms with Gasteiger partial charge in [0, 0.05) is 20.7 Å². The molecule has 2 N–H and O–H groups in total. The van der Waals surface area contributed by atoms with Crippen molar-refractivity contribution in [1.82, 2.24) is 0 Å². The van der Waals surface area contributed by atoms with Crippen molar-refractivity contribution in [2.24, 2.45) is 0 Å². The van der Waals surface area contributed by atoms with Crippen LogP contribution in [0.25, 0.3) is 0 Å². The van der Waals surface area contributed by atoms with Gasteiger partial charge in [-0.05, 0) is 55.6 Å². The molecule has 0 aliphatic heterocycles. The average molecular weight is 365 g/mol. The summed E-state index contributed by atoms with van der Waals surface area (Å²) >= 11 is 5.05. The molecule has 3 nitrogen and oxygen atoms in total. The summed E-state index contributed by atoms with van der Waals surface area (Å²) in [5, 5.41) is 6.10. The van der Waals surface area contributed by atoms with Gasteiger partial charge in [0.25, 0.3) is 0 Å². The van der Waals surface area contributed by atoms with Crippen LogP contribution in [0.2, 0.25) is 0 Å². The lowest BCUT2D eigenvalue weighted by atomic mass is 10.2. The molecule has 2 aromatic carbocycles. The molecule has 2 aromatic rings. The quantitative estimate of drug-likeness (QED) is 0.761. The maximum Gasteiger partial charge on any atom is 0.246 e. The van der Waals surface area contributed by atoms with Crippen molar-refractivity contribution in [3.8, 4) is 0 Å². The Bertz CT molecular complexity index is 616. The first-order chi connectivity index (χ1) is 10.1. The second-order valence-electron chi connectivity index (χ2n) is 4.59. The molecule has 0 radical (unpaired) electrons. The molecule has 2 rings (SSSR count). The standard InChI is InChI=1S/C16H17BrN2OS/c1-11(18-14-4-3-5-15(10-14)21-2)16(20)19-13-8-6-12(17)7-9-13/h3-11,18H,1-2H3,(H,19,20)/t11-/m1/s1. The second-order valence-corrected chi connectivity index (χ2v) is 6.39. The Morgan fingerprint density at radius 3 is 2.52 bits per heavy atom. The molecule has 0 aromatic heterocycles. The summed E-state index contributed by atoms with van der Waals surface area (Å²) in [7, 11) is 0. The van der Waals surface area contributed by atoms with Gasteiger partial charge in [-0.2, -0.15) is 0 Å². The summed E-state index contributed by atoms with van der Waals surface area (Å²) in [5.74, 6) is -0.0631. The Morgan fingerprint density at radius 1 is 1.14 bits per heavy atom. The fourth-order valence-corrected chi connectivity index (χ4v) is 2.54. The van der Waals surface area contributed by atoms with Crippen LogP contribution in [0.4, 0.5) is 11.4 Å². The van der Waals surface area contributed by atoms with Crippen LogP contribution in [0.15, 0.2) is 57.9 Å². The van der Waals surface area contributed by atoms with Gasteiger partial charge in [-0.3, -0.25) is 4.79 Å². The molecule has 1 amide bonds. The minimum atomic E-state index is -0.314. The third kappa shape index (κ3) is 4.79. The fourth-order valence-electron chi connectivity index (χ4n) is 1.81. The molecular weight excluding hydrogens is 348 g/mol. The minimum absolute atomic E-state index is 0.0631. The lowest BCUT2D eigenvalue weighted by Crippen LogP contribution is -2.31. The number of carbonyl (C=O) groups is 1. The van der Waals surface area contributed by atoms with Gasteiger partial charge in [0.05, 0.1) is 0 Å². The van der Waals surface area contributed by atoms with Gasteiger partial charge in [-0.25, -0.2) is 0 Å². The van der Waals surface area contributed by atoms with Crippen LogP contribution < -0.4 is 10.6 Å². The third-order valence-electron chi connectivity index (χ3n) is 2.96. The number of carbonyl (C=O) groups excluding carboxylic acids is 1. The Kier molecular flexibility index (Phi) is 5.70. The molecule has 0 saturated heterocycles. The predicted molar refractivity (Wildman–Crippen MR) is 94.1 cm³/mol. The zero-order valence-electron chi connectivity index (χ0n) is 11.9. The number of amides is 1. The van der Waals surface area contributed by atoms with Crippen LogP contribution in [-0.2, 0) is 4.79 Å². The van der Waals surface area contributed by atoms with Gasteiger partial charge < -0.3 is 10.6 Å². The van der Waals surface area contributed by atoms with Gasteiger partial charge in [0.15, 0.2) is 0 Å². The zero-order chi connectivity index (χ0) is 15.2. The summed E-state index contributed by atoms with van der Waals surface area (Å²) in [6.07, 6.45) is 2.03. The smallest absolute Gasteiger partial charge is 0.246 e. The number of halogens is 1. The lowest BCUT2D eigenvalue weighted by Gasteiger charge is -2.16. The topological polar surface area (TPSA) is 41.1 Å². The van der Waals surface area contributed by atoms with E-state index in [2.05, 4.69) is 26.6 Å². The molecular formula is C16H17BrN2OS. The summed E-state index contributed by atoms with van der Waals surface area (Å²) in [6, 6.07) is 15.2. The van der Waals surface area contributed by atoms with Crippen molar-refractivity contribution in [3.05, 3.63) is 53.0 Å². The number of thioether (sulfide) groups is 1. The third-order valence-corrected chi connectivity index (χ3v) is 4.21. The van der Waals surface area contributed by atoms with Crippen LogP contribution in [0, 0.1) is 0 Å². The molecule has 21 heavy (non-hydrogen) atoms. The molecule has 1 atom stereocenters. The van der Waals surface area contributed by atoms with Crippen molar-refractivity contribution in [2.75, 3.05) is 16.9 Å². The van der Waals surface area contributed by atoms with Crippen molar-refractivity contribution in [2.45, 2.75) is 17.9 Å². The van der Waals surface area contributed by atoms with Crippen LogP contribution in [0.3, 0.4) is 0 Å². The van der Waals surface area contributed by atoms with E-state index < -0.39 is 0 Å². The van der Waals surface area contributed by atoms with Crippen molar-refractivity contribution >= 4 is 45.0 Å². The van der Waals surface area contributed by atoms with Crippen LogP contribution in [0.1, 0.15) is 6.92 Å². The molecule has 110 valence electrons. The van der Waals surface area contributed by atoms with E-state index in [1.54, 1.807) is 11.8 Å². The monoisotopic (exact) mass is 364 g/mol. The molecule has 0 heterocycles. The van der Waals surface area contributed by atoms with Crippen LogP contribution in [-0.4, -0.2) is 18.2 Å².